The summed E-state index contributed by atoms with van der Waals surface area (Å²) in [5, 5.41) is 3.60. The first-order valence-electron chi connectivity index (χ1n) is 6.45. The van der Waals surface area contributed by atoms with Crippen molar-refractivity contribution < 1.29 is 4.42 Å². The van der Waals surface area contributed by atoms with Gasteiger partial charge in [-0.3, -0.25) is 0 Å². The fourth-order valence-corrected chi connectivity index (χ4v) is 2.62. The highest BCUT2D eigenvalue weighted by atomic mass is 16.3. The maximum absolute atomic E-state index is 5.47. The molecule has 1 fully saturated rings. The lowest BCUT2D eigenvalue weighted by Gasteiger charge is -2.23. The number of hydrogen-bond acceptors (Lipinski definition) is 3. The molecule has 1 aromatic carbocycles. The molecule has 0 saturated heterocycles. The summed E-state index contributed by atoms with van der Waals surface area (Å²) >= 11 is 0. The molecule has 1 saturated carbocycles. The van der Waals surface area contributed by atoms with Crippen LogP contribution in [0.15, 0.2) is 22.6 Å². The SMILES string of the molecule is Cc1nc2cc(NC3CCCCC3)ccc2o1. The van der Waals surface area contributed by atoms with Crippen molar-refractivity contribution in [2.24, 2.45) is 0 Å². The fourth-order valence-electron chi connectivity index (χ4n) is 2.62. The Kier molecular flexibility index (Phi) is 2.75. The van der Waals surface area contributed by atoms with Gasteiger partial charge >= 0.3 is 0 Å². The minimum Gasteiger partial charge on any atom is -0.441 e. The zero-order valence-electron chi connectivity index (χ0n) is 10.2. The number of fused-ring (bicyclic) bond motifs is 1. The van der Waals surface area contributed by atoms with Crippen LogP contribution >= 0.6 is 0 Å². The van der Waals surface area contributed by atoms with E-state index in [9.17, 15) is 0 Å². The molecule has 1 aliphatic carbocycles. The van der Waals surface area contributed by atoms with E-state index in [1.807, 2.05) is 13.0 Å². The molecule has 0 amide bonds. The molecule has 0 unspecified atom stereocenters. The fraction of sp³-hybridized carbons (Fsp3) is 0.500. The van der Waals surface area contributed by atoms with E-state index >= 15 is 0 Å². The third-order valence-electron chi connectivity index (χ3n) is 3.47. The number of nitrogens with one attached hydrogen (secondary N) is 1. The van der Waals surface area contributed by atoms with Crippen molar-refractivity contribution in [2.45, 2.75) is 45.1 Å². The van der Waals surface area contributed by atoms with Gasteiger partial charge in [-0.2, -0.15) is 0 Å². The summed E-state index contributed by atoms with van der Waals surface area (Å²) in [7, 11) is 0. The predicted molar refractivity (Wildman–Crippen MR) is 69.2 cm³/mol. The van der Waals surface area contributed by atoms with Crippen LogP contribution in [0.4, 0.5) is 5.69 Å². The Morgan fingerprint density at radius 3 is 2.88 bits per heavy atom. The summed E-state index contributed by atoms with van der Waals surface area (Å²) < 4.78 is 5.47. The van der Waals surface area contributed by atoms with Gasteiger partial charge in [-0.15, -0.1) is 0 Å². The zero-order chi connectivity index (χ0) is 11.7. The van der Waals surface area contributed by atoms with Crippen LogP contribution in [0.5, 0.6) is 0 Å². The highest BCUT2D eigenvalue weighted by Crippen LogP contribution is 2.24. The molecule has 90 valence electrons. The van der Waals surface area contributed by atoms with Gasteiger partial charge in [0.1, 0.15) is 5.52 Å². The van der Waals surface area contributed by atoms with Gasteiger partial charge in [0.05, 0.1) is 0 Å². The van der Waals surface area contributed by atoms with E-state index in [0.29, 0.717) is 6.04 Å². The molecule has 0 bridgehead atoms. The molecule has 2 aromatic rings. The van der Waals surface area contributed by atoms with E-state index < -0.39 is 0 Å². The molecule has 3 rings (SSSR count). The molecule has 3 nitrogen and oxygen atoms in total. The number of aromatic nitrogens is 1. The van der Waals surface area contributed by atoms with Crippen LogP contribution in [-0.2, 0) is 0 Å². The van der Waals surface area contributed by atoms with E-state index in [1.165, 1.54) is 32.1 Å². The van der Waals surface area contributed by atoms with Crippen LogP contribution in [-0.4, -0.2) is 11.0 Å². The van der Waals surface area contributed by atoms with Crippen LogP contribution in [0.25, 0.3) is 11.1 Å². The van der Waals surface area contributed by atoms with Gasteiger partial charge in [0, 0.05) is 18.7 Å². The number of nitrogens with zero attached hydrogens (tertiary/aromatic N) is 1. The predicted octanol–water partition coefficient (Wildman–Crippen LogP) is 3.88. The van der Waals surface area contributed by atoms with Gasteiger partial charge in [-0.25, -0.2) is 4.98 Å². The molecular formula is C14H18N2O. The second-order valence-corrected chi connectivity index (χ2v) is 4.89. The molecule has 1 heterocycles. The van der Waals surface area contributed by atoms with E-state index in [1.54, 1.807) is 0 Å². The summed E-state index contributed by atoms with van der Waals surface area (Å²) in [4.78, 5) is 4.36. The number of hydrogen-bond donors (Lipinski definition) is 1. The minimum absolute atomic E-state index is 0.634. The summed E-state index contributed by atoms with van der Waals surface area (Å²) in [6, 6.07) is 6.80. The van der Waals surface area contributed by atoms with E-state index in [2.05, 4.69) is 22.4 Å². The molecular weight excluding hydrogens is 212 g/mol. The Balaban J connectivity index is 1.79. The van der Waals surface area contributed by atoms with Crippen molar-refractivity contribution in [3.05, 3.63) is 24.1 Å². The Morgan fingerprint density at radius 2 is 2.06 bits per heavy atom. The van der Waals surface area contributed by atoms with Crippen molar-refractivity contribution in [3.8, 4) is 0 Å². The van der Waals surface area contributed by atoms with Crippen LogP contribution in [0, 0.1) is 6.92 Å². The number of benzene rings is 1. The van der Waals surface area contributed by atoms with E-state index in [0.717, 1.165) is 22.7 Å². The summed E-state index contributed by atoms with van der Waals surface area (Å²) in [5.41, 5.74) is 2.98. The largest absolute Gasteiger partial charge is 0.441 e. The Labute approximate surface area is 101 Å². The van der Waals surface area contributed by atoms with Gasteiger partial charge in [0.2, 0.25) is 0 Å². The van der Waals surface area contributed by atoms with Gasteiger partial charge < -0.3 is 9.73 Å². The van der Waals surface area contributed by atoms with E-state index in [-0.39, 0.29) is 0 Å². The molecule has 0 atom stereocenters. The molecule has 0 radical (unpaired) electrons. The molecule has 1 aliphatic rings. The molecule has 0 aliphatic heterocycles. The maximum atomic E-state index is 5.47. The average molecular weight is 230 g/mol. The van der Waals surface area contributed by atoms with Gasteiger partial charge in [-0.1, -0.05) is 19.3 Å². The Bertz CT molecular complexity index is 512. The van der Waals surface area contributed by atoms with E-state index in [4.69, 9.17) is 4.42 Å². The highest BCUT2D eigenvalue weighted by Gasteiger charge is 2.13. The number of rotatable bonds is 2. The lowest BCUT2D eigenvalue weighted by atomic mass is 9.95. The normalized spacial score (nSPS) is 17.5. The standard InChI is InChI=1S/C14H18N2O/c1-10-15-13-9-12(7-8-14(13)17-10)16-11-5-3-2-4-6-11/h7-9,11,16H,2-6H2,1H3. The molecule has 1 N–H and O–H groups in total. The highest BCUT2D eigenvalue weighted by molar-refractivity contribution is 5.77. The average Bonchev–Trinajstić information content (AvgIpc) is 2.70. The second-order valence-electron chi connectivity index (χ2n) is 4.89. The molecule has 3 heteroatoms. The van der Waals surface area contributed by atoms with Crippen molar-refractivity contribution >= 4 is 16.8 Å². The lowest BCUT2D eigenvalue weighted by Crippen LogP contribution is -2.22. The van der Waals surface area contributed by atoms with Crippen molar-refractivity contribution in [3.63, 3.8) is 0 Å². The first kappa shape index (κ1) is 10.6. The van der Waals surface area contributed by atoms with Crippen molar-refractivity contribution in [1.82, 2.24) is 4.98 Å². The first-order valence-corrected chi connectivity index (χ1v) is 6.45. The second kappa shape index (κ2) is 4.40. The van der Waals surface area contributed by atoms with Crippen molar-refractivity contribution in [1.29, 1.82) is 0 Å². The Morgan fingerprint density at radius 1 is 1.24 bits per heavy atom. The van der Waals surface area contributed by atoms with Gasteiger partial charge in [-0.05, 0) is 31.0 Å². The number of aryl methyl sites for hydroxylation is 1. The van der Waals surface area contributed by atoms with Crippen LogP contribution in [0.3, 0.4) is 0 Å². The lowest BCUT2D eigenvalue weighted by molar-refractivity contribution is 0.463. The number of oxazole rings is 1. The molecule has 1 aromatic heterocycles. The number of anilines is 1. The monoisotopic (exact) mass is 230 g/mol. The third-order valence-corrected chi connectivity index (χ3v) is 3.47. The van der Waals surface area contributed by atoms with Crippen LogP contribution < -0.4 is 5.32 Å². The molecule has 17 heavy (non-hydrogen) atoms. The summed E-state index contributed by atoms with van der Waals surface area (Å²) in [5.74, 6) is 0.731. The quantitative estimate of drug-likeness (QED) is 0.850. The van der Waals surface area contributed by atoms with Gasteiger partial charge in [0.15, 0.2) is 11.5 Å². The summed E-state index contributed by atoms with van der Waals surface area (Å²) in [6.45, 7) is 1.88. The topological polar surface area (TPSA) is 38.1 Å². The minimum atomic E-state index is 0.634. The smallest absolute Gasteiger partial charge is 0.192 e. The zero-order valence-corrected chi connectivity index (χ0v) is 10.2. The first-order chi connectivity index (χ1) is 8.31. The van der Waals surface area contributed by atoms with Crippen LogP contribution in [0.1, 0.15) is 38.0 Å². The van der Waals surface area contributed by atoms with Crippen LogP contribution in [0.2, 0.25) is 0 Å². The third kappa shape index (κ3) is 2.28. The van der Waals surface area contributed by atoms with Gasteiger partial charge in [0.25, 0.3) is 0 Å². The van der Waals surface area contributed by atoms with Crippen molar-refractivity contribution in [2.75, 3.05) is 5.32 Å². The Hall–Kier alpha value is -1.51. The summed E-state index contributed by atoms with van der Waals surface area (Å²) in [6.07, 6.45) is 6.66. The molecule has 0 spiro atoms. The maximum Gasteiger partial charge on any atom is 0.192 e.